The molecule has 0 fully saturated rings. The van der Waals surface area contributed by atoms with Crippen LogP contribution < -0.4 is 10.6 Å². The molecule has 1 heterocycles. The lowest BCUT2D eigenvalue weighted by Crippen LogP contribution is -2.24. The fourth-order valence-electron chi connectivity index (χ4n) is 4.00. The maximum Gasteiger partial charge on any atom is 0.0540 e. The molecular weight excluding hydrogens is 316 g/mol. The van der Waals surface area contributed by atoms with E-state index in [1.807, 2.05) is 0 Å². The Morgan fingerprint density at radius 2 is 1.38 bits per heavy atom. The van der Waals surface area contributed by atoms with E-state index in [4.69, 9.17) is 5.73 Å². The summed E-state index contributed by atoms with van der Waals surface area (Å²) in [6, 6.07) is 27.9. The lowest BCUT2D eigenvalue weighted by Gasteiger charge is -2.31. The molecule has 3 aromatic carbocycles. The van der Waals surface area contributed by atoms with Gasteiger partial charge in [-0.3, -0.25) is 0 Å². The Hall–Kier alpha value is -3.10. The largest absolute Gasteiger partial charge is 0.324 e. The molecule has 0 bridgehead atoms. The third-order valence-corrected chi connectivity index (χ3v) is 5.15. The van der Waals surface area contributed by atoms with E-state index < -0.39 is 0 Å². The summed E-state index contributed by atoms with van der Waals surface area (Å²) in [5.41, 5.74) is 14.9. The maximum absolute atomic E-state index is 6.30. The van der Waals surface area contributed by atoms with Gasteiger partial charge in [-0.2, -0.15) is 0 Å². The molecule has 0 saturated carbocycles. The van der Waals surface area contributed by atoms with Crippen LogP contribution in [0, 0.1) is 0 Å². The van der Waals surface area contributed by atoms with E-state index in [2.05, 4.69) is 95.9 Å². The quantitative estimate of drug-likeness (QED) is 0.635. The van der Waals surface area contributed by atoms with Crippen molar-refractivity contribution in [3.8, 4) is 11.1 Å². The molecule has 3 aromatic rings. The summed E-state index contributed by atoms with van der Waals surface area (Å²) in [5, 5.41) is 0. The summed E-state index contributed by atoms with van der Waals surface area (Å²) in [5.74, 6) is 0. The van der Waals surface area contributed by atoms with Crippen LogP contribution in [0.25, 0.3) is 16.7 Å². The molecule has 0 spiro atoms. The monoisotopic (exact) mass is 336 g/mol. The molecule has 126 valence electrons. The lowest BCUT2D eigenvalue weighted by molar-refractivity contribution is 0.819. The molecule has 0 aromatic heterocycles. The van der Waals surface area contributed by atoms with Crippen molar-refractivity contribution >= 4 is 16.9 Å². The highest BCUT2D eigenvalue weighted by Gasteiger charge is 2.29. The second-order valence-electron chi connectivity index (χ2n) is 6.80. The summed E-state index contributed by atoms with van der Waals surface area (Å²) in [6.07, 6.45) is 5.36. The maximum atomic E-state index is 6.30. The van der Waals surface area contributed by atoms with Gasteiger partial charge in [-0.05, 0) is 35.7 Å². The number of nitrogens with zero attached hydrogens (tertiary/aromatic N) is 1. The molecule has 1 atom stereocenters. The van der Waals surface area contributed by atoms with Gasteiger partial charge in [0.2, 0.25) is 0 Å². The van der Waals surface area contributed by atoms with Crippen molar-refractivity contribution < 1.29 is 0 Å². The summed E-state index contributed by atoms with van der Waals surface area (Å²) >= 11 is 0. The number of hydrogen-bond acceptors (Lipinski definition) is 2. The lowest BCUT2D eigenvalue weighted by atomic mass is 9.90. The third-order valence-electron chi connectivity index (χ3n) is 5.15. The predicted octanol–water partition coefficient (Wildman–Crippen LogP) is 5.50. The summed E-state index contributed by atoms with van der Waals surface area (Å²) in [6.45, 7) is 0. The van der Waals surface area contributed by atoms with Crippen LogP contribution >= 0.6 is 0 Å². The first-order chi connectivity index (χ1) is 12.8. The minimum atomic E-state index is 0.0561. The van der Waals surface area contributed by atoms with E-state index in [1.165, 1.54) is 39.3 Å². The van der Waals surface area contributed by atoms with Gasteiger partial charge < -0.3 is 10.6 Å². The van der Waals surface area contributed by atoms with Crippen molar-refractivity contribution in [3.63, 3.8) is 0 Å². The normalized spacial score (nSPS) is 18.0. The standard InChI is InChI=1S/C24H20N2/c25-17-14-15-24-22(16-17)20-11-5-4-10-19(20)21-12-6-7-13-23(21)26(24)18-8-2-1-3-9-18/h1-13,15-17H,14,25H2. The second kappa shape index (κ2) is 6.01. The SMILES string of the molecule is NC1C=C2C(=CC1)N(c1ccccc1)c1ccccc1-c1ccccc12. The van der Waals surface area contributed by atoms with E-state index in [0.717, 1.165) is 6.42 Å². The summed E-state index contributed by atoms with van der Waals surface area (Å²) in [4.78, 5) is 2.37. The highest BCUT2D eigenvalue weighted by Crippen LogP contribution is 2.48. The molecular formula is C24H20N2. The average molecular weight is 336 g/mol. The molecule has 1 aliphatic carbocycles. The Bertz CT molecular complexity index is 1030. The van der Waals surface area contributed by atoms with E-state index >= 15 is 0 Å². The van der Waals surface area contributed by atoms with Crippen LogP contribution in [0.5, 0.6) is 0 Å². The van der Waals surface area contributed by atoms with Gasteiger partial charge in [0.15, 0.2) is 0 Å². The van der Waals surface area contributed by atoms with E-state index in [-0.39, 0.29) is 6.04 Å². The summed E-state index contributed by atoms with van der Waals surface area (Å²) in [7, 11) is 0. The van der Waals surface area contributed by atoms with E-state index in [1.54, 1.807) is 0 Å². The van der Waals surface area contributed by atoms with Gasteiger partial charge in [0.25, 0.3) is 0 Å². The highest BCUT2D eigenvalue weighted by molar-refractivity contribution is 6.01. The molecule has 2 nitrogen and oxygen atoms in total. The number of hydrogen-bond donors (Lipinski definition) is 1. The van der Waals surface area contributed by atoms with Gasteiger partial charge in [0, 0.05) is 28.6 Å². The second-order valence-corrected chi connectivity index (χ2v) is 6.80. The number of allylic oxidation sites excluding steroid dienone is 1. The van der Waals surface area contributed by atoms with Crippen molar-refractivity contribution in [1.82, 2.24) is 0 Å². The Morgan fingerprint density at radius 1 is 0.731 bits per heavy atom. The molecule has 0 amide bonds. The van der Waals surface area contributed by atoms with Crippen LogP contribution in [0.15, 0.2) is 96.7 Å². The molecule has 26 heavy (non-hydrogen) atoms. The first-order valence-electron chi connectivity index (χ1n) is 9.05. The van der Waals surface area contributed by atoms with Gasteiger partial charge >= 0.3 is 0 Å². The van der Waals surface area contributed by atoms with Crippen LogP contribution in [0.3, 0.4) is 0 Å². The number of benzene rings is 3. The molecule has 5 rings (SSSR count). The average Bonchev–Trinajstić information content (AvgIpc) is 2.82. The van der Waals surface area contributed by atoms with Gasteiger partial charge in [-0.25, -0.2) is 0 Å². The van der Waals surface area contributed by atoms with Gasteiger partial charge in [-0.15, -0.1) is 0 Å². The minimum absolute atomic E-state index is 0.0561. The smallest absolute Gasteiger partial charge is 0.0540 e. The zero-order chi connectivity index (χ0) is 17.5. The zero-order valence-corrected chi connectivity index (χ0v) is 14.5. The highest BCUT2D eigenvalue weighted by atomic mass is 15.2. The van der Waals surface area contributed by atoms with Crippen molar-refractivity contribution in [3.05, 3.63) is 102 Å². The predicted molar refractivity (Wildman–Crippen MR) is 109 cm³/mol. The molecule has 2 N–H and O–H groups in total. The van der Waals surface area contributed by atoms with Crippen molar-refractivity contribution in [1.29, 1.82) is 0 Å². The van der Waals surface area contributed by atoms with Gasteiger partial charge in [0.05, 0.1) is 5.69 Å². The number of para-hydroxylation sites is 2. The van der Waals surface area contributed by atoms with E-state index in [0.29, 0.717) is 0 Å². The Morgan fingerprint density at radius 3 is 2.19 bits per heavy atom. The van der Waals surface area contributed by atoms with Crippen LogP contribution in [-0.2, 0) is 0 Å². The Labute approximate surface area is 153 Å². The fraction of sp³-hybridized carbons (Fsp3) is 0.0833. The van der Waals surface area contributed by atoms with Crippen molar-refractivity contribution in [2.24, 2.45) is 5.73 Å². The Balaban J connectivity index is 1.87. The minimum Gasteiger partial charge on any atom is -0.324 e. The van der Waals surface area contributed by atoms with Crippen LogP contribution in [0.2, 0.25) is 0 Å². The van der Waals surface area contributed by atoms with Crippen LogP contribution in [-0.4, -0.2) is 6.04 Å². The first-order valence-corrected chi connectivity index (χ1v) is 9.05. The zero-order valence-electron chi connectivity index (χ0n) is 14.5. The first kappa shape index (κ1) is 15.2. The molecule has 0 radical (unpaired) electrons. The number of nitrogens with two attached hydrogens (primary N) is 1. The summed E-state index contributed by atoms with van der Waals surface area (Å²) < 4.78 is 0. The molecule has 2 aliphatic rings. The Kier molecular flexibility index (Phi) is 3.51. The van der Waals surface area contributed by atoms with Crippen molar-refractivity contribution in [2.45, 2.75) is 12.5 Å². The number of anilines is 2. The molecule has 2 heteroatoms. The molecule has 1 unspecified atom stereocenters. The fourth-order valence-corrected chi connectivity index (χ4v) is 4.00. The van der Waals surface area contributed by atoms with Crippen LogP contribution in [0.4, 0.5) is 11.4 Å². The topological polar surface area (TPSA) is 29.3 Å². The number of rotatable bonds is 1. The van der Waals surface area contributed by atoms with Gasteiger partial charge in [-0.1, -0.05) is 72.8 Å². The van der Waals surface area contributed by atoms with Gasteiger partial charge in [0.1, 0.15) is 0 Å². The molecule has 1 aliphatic heterocycles. The van der Waals surface area contributed by atoms with Crippen molar-refractivity contribution in [2.75, 3.05) is 4.90 Å². The molecule has 0 saturated heterocycles. The van der Waals surface area contributed by atoms with E-state index in [9.17, 15) is 0 Å². The van der Waals surface area contributed by atoms with Crippen LogP contribution in [0.1, 0.15) is 12.0 Å². The third kappa shape index (κ3) is 2.31. The number of fused-ring (bicyclic) bond motifs is 5.